The Morgan fingerprint density at radius 1 is 1.25 bits per heavy atom. The Balaban J connectivity index is 2.08. The number of carbonyl (C=O) groups is 1. The summed E-state index contributed by atoms with van der Waals surface area (Å²) in [5, 5.41) is 9.23. The lowest BCUT2D eigenvalue weighted by atomic mass is 9.72. The minimum atomic E-state index is -1.05. The molecule has 1 aliphatic carbocycles. The Hall–Kier alpha value is -1.84. The van der Waals surface area contributed by atoms with Crippen LogP contribution in [0.15, 0.2) is 16.5 Å². The molecule has 1 N–H and O–H groups in total. The number of hydrogen-bond donors (Lipinski definition) is 1. The van der Waals surface area contributed by atoms with Gasteiger partial charge in [-0.1, -0.05) is 34.6 Å². The van der Waals surface area contributed by atoms with Gasteiger partial charge in [-0.25, -0.2) is 9.78 Å². The second kappa shape index (κ2) is 5.61. The molecule has 1 saturated carbocycles. The lowest BCUT2D eigenvalue weighted by molar-refractivity contribution is 0.0665. The predicted octanol–water partition coefficient (Wildman–Crippen LogP) is 5.51. The first-order valence-electron chi connectivity index (χ1n) is 8.75. The van der Waals surface area contributed by atoms with E-state index < -0.39 is 5.97 Å². The molecule has 2 aromatic rings. The van der Waals surface area contributed by atoms with Gasteiger partial charge in [0.15, 0.2) is 5.58 Å². The third-order valence-corrected chi connectivity index (χ3v) is 5.28. The molecule has 1 fully saturated rings. The Kier molecular flexibility index (Phi) is 3.97. The van der Waals surface area contributed by atoms with Crippen molar-refractivity contribution in [2.24, 2.45) is 5.41 Å². The summed E-state index contributed by atoms with van der Waals surface area (Å²) in [5.74, 6) is -0.634. The van der Waals surface area contributed by atoms with Crippen molar-refractivity contribution in [2.75, 3.05) is 0 Å². The summed E-state index contributed by atoms with van der Waals surface area (Å²) in [7, 11) is 0. The molecular formula is C20H27NO3. The molecule has 0 aliphatic heterocycles. The average molecular weight is 329 g/mol. The normalized spacial score (nSPS) is 18.9. The average Bonchev–Trinajstić information content (AvgIpc) is 2.89. The van der Waals surface area contributed by atoms with Gasteiger partial charge in [-0.15, -0.1) is 0 Å². The number of nitrogens with zero attached hydrogens (tertiary/aromatic N) is 1. The van der Waals surface area contributed by atoms with Crippen LogP contribution in [0.25, 0.3) is 11.1 Å². The molecule has 4 heteroatoms. The maximum absolute atomic E-state index is 11.3. The number of hydrogen-bond acceptors (Lipinski definition) is 3. The van der Waals surface area contributed by atoms with Crippen LogP contribution in [-0.4, -0.2) is 16.1 Å². The van der Waals surface area contributed by atoms with Crippen LogP contribution >= 0.6 is 0 Å². The van der Waals surface area contributed by atoms with Gasteiger partial charge in [-0.05, 0) is 42.6 Å². The van der Waals surface area contributed by atoms with Crippen LogP contribution in [0.4, 0.5) is 0 Å². The molecule has 0 amide bonds. The molecule has 24 heavy (non-hydrogen) atoms. The molecule has 0 atom stereocenters. The van der Waals surface area contributed by atoms with E-state index in [4.69, 9.17) is 9.40 Å². The van der Waals surface area contributed by atoms with Crippen molar-refractivity contribution in [1.82, 2.24) is 4.98 Å². The first kappa shape index (κ1) is 17.0. The minimum Gasteiger partial charge on any atom is -0.475 e. The molecule has 130 valence electrons. The van der Waals surface area contributed by atoms with E-state index in [1.54, 1.807) is 6.07 Å². The Morgan fingerprint density at radius 3 is 2.42 bits per heavy atom. The second-order valence-corrected chi connectivity index (χ2v) is 8.91. The summed E-state index contributed by atoms with van der Waals surface area (Å²) in [6, 6.07) is 3.70. The Bertz CT molecular complexity index is 770. The first-order valence-corrected chi connectivity index (χ1v) is 8.75. The highest BCUT2D eigenvalue weighted by Crippen LogP contribution is 2.43. The van der Waals surface area contributed by atoms with Gasteiger partial charge in [0.05, 0.1) is 0 Å². The summed E-state index contributed by atoms with van der Waals surface area (Å²) in [6.07, 6.45) is 4.68. The maximum Gasteiger partial charge on any atom is 0.371 e. The van der Waals surface area contributed by atoms with E-state index in [9.17, 15) is 9.90 Å². The first-order chi connectivity index (χ1) is 11.1. The van der Waals surface area contributed by atoms with Gasteiger partial charge in [0.25, 0.3) is 0 Å². The van der Waals surface area contributed by atoms with Crippen LogP contribution in [0.2, 0.25) is 0 Å². The number of aromatic carboxylic acids is 1. The highest BCUT2D eigenvalue weighted by molar-refractivity contribution is 5.91. The van der Waals surface area contributed by atoms with E-state index in [1.165, 1.54) is 12.8 Å². The summed E-state index contributed by atoms with van der Waals surface area (Å²) in [5.41, 5.74) is 3.69. The molecule has 4 nitrogen and oxygen atoms in total. The van der Waals surface area contributed by atoms with Crippen molar-refractivity contribution in [2.45, 2.75) is 71.6 Å². The van der Waals surface area contributed by atoms with Crippen LogP contribution < -0.4 is 0 Å². The zero-order chi connectivity index (χ0) is 17.7. The summed E-state index contributed by atoms with van der Waals surface area (Å²) in [6.45, 7) is 11.0. The summed E-state index contributed by atoms with van der Waals surface area (Å²) < 4.78 is 5.60. The number of aromatic nitrogens is 1. The van der Waals surface area contributed by atoms with E-state index in [-0.39, 0.29) is 11.2 Å². The van der Waals surface area contributed by atoms with Gasteiger partial charge in [-0.3, -0.25) is 0 Å². The number of carboxylic acid groups (broad SMARTS) is 1. The fourth-order valence-corrected chi connectivity index (χ4v) is 3.61. The van der Waals surface area contributed by atoms with Gasteiger partial charge >= 0.3 is 5.97 Å². The molecule has 3 rings (SSSR count). The number of rotatable bonds is 2. The minimum absolute atomic E-state index is 0.0371. The van der Waals surface area contributed by atoms with Gasteiger partial charge in [-0.2, -0.15) is 0 Å². The third kappa shape index (κ3) is 3.19. The lowest BCUT2D eigenvalue weighted by Crippen LogP contribution is -2.21. The van der Waals surface area contributed by atoms with Crippen molar-refractivity contribution < 1.29 is 14.3 Å². The molecule has 2 aromatic heterocycles. The highest BCUT2D eigenvalue weighted by atomic mass is 16.4. The van der Waals surface area contributed by atoms with Crippen molar-refractivity contribution >= 4 is 17.1 Å². The standard InChI is InChI=1S/C20H27NO3/c1-19(2,3)13-10-14(12-6-8-20(4,5)9-7-12)21-15-11-16(18(22)23)24-17(13)15/h10-12H,6-9H2,1-5H3,(H,22,23). The van der Waals surface area contributed by atoms with Crippen LogP contribution in [0, 0.1) is 5.41 Å². The topological polar surface area (TPSA) is 63.3 Å². The molecule has 0 spiro atoms. The van der Waals surface area contributed by atoms with Crippen molar-refractivity contribution in [3.05, 3.63) is 29.2 Å². The molecule has 0 unspecified atom stereocenters. The quantitative estimate of drug-likeness (QED) is 0.789. The SMILES string of the molecule is CC1(C)CCC(c2cc(C(C)(C)C)c3oc(C(=O)O)cc3n2)CC1. The van der Waals surface area contributed by atoms with Crippen molar-refractivity contribution in [1.29, 1.82) is 0 Å². The number of fused-ring (bicyclic) bond motifs is 1. The Morgan fingerprint density at radius 2 is 1.88 bits per heavy atom. The molecule has 2 heterocycles. The lowest BCUT2D eigenvalue weighted by Gasteiger charge is -2.34. The Labute approximate surface area is 143 Å². The van der Waals surface area contributed by atoms with Gasteiger partial charge in [0, 0.05) is 23.2 Å². The zero-order valence-corrected chi connectivity index (χ0v) is 15.3. The highest BCUT2D eigenvalue weighted by Gasteiger charge is 2.30. The largest absolute Gasteiger partial charge is 0.475 e. The smallest absolute Gasteiger partial charge is 0.371 e. The van der Waals surface area contributed by atoms with Crippen LogP contribution in [0.3, 0.4) is 0 Å². The van der Waals surface area contributed by atoms with E-state index in [0.717, 1.165) is 24.1 Å². The number of carboxylic acids is 1. The van der Waals surface area contributed by atoms with Gasteiger partial charge < -0.3 is 9.52 Å². The fraction of sp³-hybridized carbons (Fsp3) is 0.600. The molecule has 0 saturated heterocycles. The van der Waals surface area contributed by atoms with E-state index in [0.29, 0.717) is 22.4 Å². The van der Waals surface area contributed by atoms with Crippen LogP contribution in [-0.2, 0) is 5.41 Å². The maximum atomic E-state index is 11.3. The van der Waals surface area contributed by atoms with Crippen LogP contribution in [0.5, 0.6) is 0 Å². The fourth-order valence-electron chi connectivity index (χ4n) is 3.61. The molecule has 0 bridgehead atoms. The monoisotopic (exact) mass is 329 g/mol. The molecule has 0 aromatic carbocycles. The van der Waals surface area contributed by atoms with E-state index >= 15 is 0 Å². The summed E-state index contributed by atoms with van der Waals surface area (Å²) >= 11 is 0. The van der Waals surface area contributed by atoms with Gasteiger partial charge in [0.2, 0.25) is 5.76 Å². The molecule has 1 aliphatic rings. The second-order valence-electron chi connectivity index (χ2n) is 8.91. The predicted molar refractivity (Wildman–Crippen MR) is 94.7 cm³/mol. The number of furan rings is 1. The summed E-state index contributed by atoms with van der Waals surface area (Å²) in [4.78, 5) is 16.0. The number of pyridine rings is 1. The third-order valence-electron chi connectivity index (χ3n) is 5.28. The van der Waals surface area contributed by atoms with E-state index in [2.05, 4.69) is 40.7 Å². The van der Waals surface area contributed by atoms with Crippen LogP contribution in [0.1, 0.15) is 88.0 Å². The van der Waals surface area contributed by atoms with Crippen molar-refractivity contribution in [3.8, 4) is 0 Å². The molecule has 0 radical (unpaired) electrons. The molecular weight excluding hydrogens is 302 g/mol. The zero-order valence-electron chi connectivity index (χ0n) is 15.3. The van der Waals surface area contributed by atoms with E-state index in [1.807, 2.05) is 0 Å². The van der Waals surface area contributed by atoms with Gasteiger partial charge in [0.1, 0.15) is 5.52 Å². The van der Waals surface area contributed by atoms with Crippen molar-refractivity contribution in [3.63, 3.8) is 0 Å².